The molecule has 0 radical (unpaired) electrons. The zero-order valence-electron chi connectivity index (χ0n) is 9.73. The van der Waals surface area contributed by atoms with Crippen molar-refractivity contribution in [3.05, 3.63) is 65.2 Å². The summed E-state index contributed by atoms with van der Waals surface area (Å²) >= 11 is 1.89. The zero-order valence-corrected chi connectivity index (χ0v) is 10.6. The van der Waals surface area contributed by atoms with E-state index in [2.05, 4.69) is 62.4 Å². The van der Waals surface area contributed by atoms with Gasteiger partial charge in [0.25, 0.3) is 0 Å². The van der Waals surface area contributed by atoms with Crippen LogP contribution in [0.5, 0.6) is 0 Å². The number of rotatable bonds is 3. The summed E-state index contributed by atoms with van der Waals surface area (Å²) in [6, 6.07) is 17.5. The van der Waals surface area contributed by atoms with Gasteiger partial charge in [0.05, 0.1) is 0 Å². The van der Waals surface area contributed by atoms with Crippen molar-refractivity contribution in [3.8, 4) is 0 Å². The van der Waals surface area contributed by atoms with Crippen molar-refractivity contribution >= 4 is 11.8 Å². The third-order valence-electron chi connectivity index (χ3n) is 2.55. The quantitative estimate of drug-likeness (QED) is 0.692. The van der Waals surface area contributed by atoms with E-state index in [-0.39, 0.29) is 0 Å². The minimum atomic E-state index is 1.04. The summed E-state index contributed by atoms with van der Waals surface area (Å²) in [7, 11) is 0. The Balaban J connectivity index is 1.97. The zero-order chi connectivity index (χ0) is 11.4. The van der Waals surface area contributed by atoms with Gasteiger partial charge in [-0.15, -0.1) is 11.8 Å². The molecule has 0 atom stereocenters. The van der Waals surface area contributed by atoms with Crippen LogP contribution in [0.15, 0.2) is 53.4 Å². The van der Waals surface area contributed by atoms with Crippen LogP contribution in [0.1, 0.15) is 16.7 Å². The lowest BCUT2D eigenvalue weighted by Gasteiger charge is -2.03. The predicted octanol–water partition coefficient (Wildman–Crippen LogP) is 4.60. The van der Waals surface area contributed by atoms with Crippen molar-refractivity contribution < 1.29 is 0 Å². The molecule has 0 fully saturated rings. The second kappa shape index (κ2) is 5.22. The van der Waals surface area contributed by atoms with Gasteiger partial charge in [-0.05, 0) is 31.5 Å². The first-order chi connectivity index (χ1) is 7.74. The average molecular weight is 228 g/mol. The van der Waals surface area contributed by atoms with Gasteiger partial charge in [0, 0.05) is 10.6 Å². The molecule has 0 amide bonds. The molecule has 0 aromatic heterocycles. The Bertz CT molecular complexity index is 394. The molecular weight excluding hydrogens is 212 g/mol. The maximum atomic E-state index is 2.20. The van der Waals surface area contributed by atoms with E-state index in [1.807, 2.05) is 11.8 Å². The van der Waals surface area contributed by atoms with Gasteiger partial charge in [0.15, 0.2) is 0 Å². The van der Waals surface area contributed by atoms with Gasteiger partial charge >= 0.3 is 0 Å². The van der Waals surface area contributed by atoms with Gasteiger partial charge in [0.2, 0.25) is 0 Å². The molecule has 2 aromatic rings. The molecule has 82 valence electrons. The monoisotopic (exact) mass is 228 g/mol. The number of thioether (sulfide) groups is 1. The van der Waals surface area contributed by atoms with Gasteiger partial charge in [-0.25, -0.2) is 0 Å². The van der Waals surface area contributed by atoms with E-state index in [0.717, 1.165) is 5.75 Å². The van der Waals surface area contributed by atoms with E-state index in [9.17, 15) is 0 Å². The van der Waals surface area contributed by atoms with Crippen LogP contribution in [0, 0.1) is 13.8 Å². The van der Waals surface area contributed by atoms with Crippen molar-refractivity contribution in [3.63, 3.8) is 0 Å². The number of benzene rings is 2. The van der Waals surface area contributed by atoms with Crippen molar-refractivity contribution in [1.82, 2.24) is 0 Å². The Morgan fingerprint density at radius 3 is 1.81 bits per heavy atom. The summed E-state index contributed by atoms with van der Waals surface area (Å²) in [5.74, 6) is 1.04. The first kappa shape index (κ1) is 11.3. The Morgan fingerprint density at radius 1 is 0.750 bits per heavy atom. The summed E-state index contributed by atoms with van der Waals surface area (Å²) in [5, 5.41) is 0. The SMILES string of the molecule is Cc1ccc(CSc2ccc(C)cc2)cc1. The highest BCUT2D eigenvalue weighted by Gasteiger charge is 1.96. The molecule has 1 heteroatoms. The molecule has 0 nitrogen and oxygen atoms in total. The van der Waals surface area contributed by atoms with Crippen molar-refractivity contribution in [1.29, 1.82) is 0 Å². The highest BCUT2D eigenvalue weighted by atomic mass is 32.2. The van der Waals surface area contributed by atoms with Crippen LogP contribution in [0.2, 0.25) is 0 Å². The molecule has 2 aromatic carbocycles. The number of aryl methyl sites for hydroxylation is 2. The fourth-order valence-electron chi connectivity index (χ4n) is 1.49. The number of hydrogen-bond donors (Lipinski definition) is 0. The lowest BCUT2D eigenvalue weighted by Crippen LogP contribution is -1.81. The molecular formula is C15H16S. The molecule has 0 aliphatic heterocycles. The van der Waals surface area contributed by atoms with Crippen LogP contribution in [-0.2, 0) is 5.75 Å². The standard InChI is InChI=1S/C15H16S/c1-12-3-7-14(8-4-12)11-16-15-9-5-13(2)6-10-15/h3-10H,11H2,1-2H3. The molecule has 0 bridgehead atoms. The second-order valence-corrected chi connectivity index (χ2v) is 5.14. The fourth-order valence-corrected chi connectivity index (χ4v) is 2.34. The van der Waals surface area contributed by atoms with Crippen molar-refractivity contribution in [2.24, 2.45) is 0 Å². The van der Waals surface area contributed by atoms with Crippen LogP contribution in [0.3, 0.4) is 0 Å². The van der Waals surface area contributed by atoms with E-state index in [1.165, 1.54) is 21.6 Å². The third kappa shape index (κ3) is 3.14. The lowest BCUT2D eigenvalue weighted by molar-refractivity contribution is 1.34. The molecule has 16 heavy (non-hydrogen) atoms. The maximum Gasteiger partial charge on any atom is 0.0231 e. The third-order valence-corrected chi connectivity index (χ3v) is 3.63. The van der Waals surface area contributed by atoms with Crippen LogP contribution >= 0.6 is 11.8 Å². The van der Waals surface area contributed by atoms with Gasteiger partial charge in [0.1, 0.15) is 0 Å². The molecule has 0 heterocycles. The van der Waals surface area contributed by atoms with Crippen LogP contribution in [-0.4, -0.2) is 0 Å². The maximum absolute atomic E-state index is 2.20. The van der Waals surface area contributed by atoms with E-state index in [4.69, 9.17) is 0 Å². The van der Waals surface area contributed by atoms with Gasteiger partial charge in [-0.1, -0.05) is 47.5 Å². The number of hydrogen-bond acceptors (Lipinski definition) is 1. The molecule has 0 spiro atoms. The van der Waals surface area contributed by atoms with Gasteiger partial charge < -0.3 is 0 Å². The molecule has 0 unspecified atom stereocenters. The normalized spacial score (nSPS) is 10.4. The summed E-state index contributed by atoms with van der Waals surface area (Å²) in [6.07, 6.45) is 0. The van der Waals surface area contributed by atoms with E-state index in [0.29, 0.717) is 0 Å². The summed E-state index contributed by atoms with van der Waals surface area (Å²) in [4.78, 5) is 1.34. The summed E-state index contributed by atoms with van der Waals surface area (Å²) in [6.45, 7) is 4.24. The first-order valence-corrected chi connectivity index (χ1v) is 6.47. The largest absolute Gasteiger partial charge is 0.121 e. The lowest BCUT2D eigenvalue weighted by atomic mass is 10.2. The van der Waals surface area contributed by atoms with Crippen molar-refractivity contribution in [2.75, 3.05) is 0 Å². The fraction of sp³-hybridized carbons (Fsp3) is 0.200. The van der Waals surface area contributed by atoms with Gasteiger partial charge in [-0.3, -0.25) is 0 Å². The minimum Gasteiger partial charge on any atom is -0.121 e. The first-order valence-electron chi connectivity index (χ1n) is 5.49. The molecule has 0 saturated carbocycles. The Hall–Kier alpha value is -1.21. The molecule has 0 N–H and O–H groups in total. The van der Waals surface area contributed by atoms with E-state index >= 15 is 0 Å². The van der Waals surface area contributed by atoms with Crippen molar-refractivity contribution in [2.45, 2.75) is 24.5 Å². The van der Waals surface area contributed by atoms with Gasteiger partial charge in [-0.2, -0.15) is 0 Å². The highest BCUT2D eigenvalue weighted by Crippen LogP contribution is 2.22. The summed E-state index contributed by atoms with van der Waals surface area (Å²) < 4.78 is 0. The second-order valence-electron chi connectivity index (χ2n) is 4.09. The average Bonchev–Trinajstić information content (AvgIpc) is 2.30. The molecule has 2 rings (SSSR count). The highest BCUT2D eigenvalue weighted by molar-refractivity contribution is 7.98. The van der Waals surface area contributed by atoms with Crippen LogP contribution < -0.4 is 0 Å². The van der Waals surface area contributed by atoms with E-state index in [1.54, 1.807) is 0 Å². The summed E-state index contributed by atoms with van der Waals surface area (Å²) in [5.41, 5.74) is 4.03. The Kier molecular flexibility index (Phi) is 3.68. The predicted molar refractivity (Wildman–Crippen MR) is 71.9 cm³/mol. The topological polar surface area (TPSA) is 0 Å². The molecule has 0 saturated heterocycles. The Labute approximate surface area is 102 Å². The van der Waals surface area contributed by atoms with Crippen LogP contribution in [0.4, 0.5) is 0 Å². The van der Waals surface area contributed by atoms with E-state index < -0.39 is 0 Å². The minimum absolute atomic E-state index is 1.04. The Morgan fingerprint density at radius 2 is 1.25 bits per heavy atom. The molecule has 0 aliphatic carbocycles. The smallest absolute Gasteiger partial charge is 0.0231 e. The van der Waals surface area contributed by atoms with Crippen LogP contribution in [0.25, 0.3) is 0 Å². The molecule has 0 aliphatic rings.